The molecule has 0 saturated heterocycles. The highest BCUT2D eigenvalue weighted by Gasteiger charge is 2.15. The van der Waals surface area contributed by atoms with Gasteiger partial charge in [0.05, 0.1) is 23.8 Å². The first-order chi connectivity index (χ1) is 16.9. The van der Waals surface area contributed by atoms with Crippen LogP contribution in [-0.2, 0) is 4.74 Å². The molecule has 35 heavy (non-hydrogen) atoms. The Morgan fingerprint density at radius 2 is 1.77 bits per heavy atom. The molecule has 0 aliphatic rings. The molecule has 0 aliphatic heterocycles. The highest BCUT2D eigenvalue weighted by molar-refractivity contribution is 5.99. The van der Waals surface area contributed by atoms with E-state index >= 15 is 0 Å². The highest BCUT2D eigenvalue weighted by Crippen LogP contribution is 2.31. The summed E-state index contributed by atoms with van der Waals surface area (Å²) in [4.78, 5) is 20.7. The molecule has 4 rings (SSSR count). The Morgan fingerprint density at radius 1 is 0.943 bits per heavy atom. The first-order valence-electron chi connectivity index (χ1n) is 10.3. The van der Waals surface area contributed by atoms with E-state index in [9.17, 15) is 18.0 Å². The number of nitrogens with one attached hydrogen (secondary N) is 2. The lowest BCUT2D eigenvalue weighted by atomic mass is 10.2. The lowest BCUT2D eigenvalue weighted by Gasteiger charge is -2.12. The van der Waals surface area contributed by atoms with Crippen molar-refractivity contribution in [2.75, 3.05) is 31.0 Å². The Kier molecular flexibility index (Phi) is 7.27. The number of carbonyl (C=O) groups is 1. The van der Waals surface area contributed by atoms with Gasteiger partial charge in [0.15, 0.2) is 11.6 Å². The Labute approximate surface area is 197 Å². The fourth-order valence-corrected chi connectivity index (χ4v) is 3.03. The Balaban J connectivity index is 1.51. The van der Waals surface area contributed by atoms with Crippen LogP contribution in [0.3, 0.4) is 0 Å². The van der Waals surface area contributed by atoms with Gasteiger partial charge in [0.1, 0.15) is 18.2 Å². The predicted octanol–water partition coefficient (Wildman–Crippen LogP) is 5.51. The van der Waals surface area contributed by atoms with Crippen molar-refractivity contribution in [1.82, 2.24) is 9.97 Å². The number of nitrogens with zero attached hydrogens (tertiary/aromatic N) is 2. The van der Waals surface area contributed by atoms with Crippen LogP contribution in [0.15, 0.2) is 60.8 Å². The zero-order valence-corrected chi connectivity index (χ0v) is 18.3. The van der Waals surface area contributed by atoms with Crippen molar-refractivity contribution in [3.05, 3.63) is 78.2 Å². The molecule has 0 unspecified atom stereocenters. The number of aromatic nitrogens is 2. The van der Waals surface area contributed by atoms with Gasteiger partial charge in [0, 0.05) is 36.7 Å². The van der Waals surface area contributed by atoms with Crippen molar-refractivity contribution in [2.45, 2.75) is 0 Å². The average Bonchev–Trinajstić information content (AvgIpc) is 2.82. The second-order valence-electron chi connectivity index (χ2n) is 7.16. The second kappa shape index (κ2) is 10.7. The van der Waals surface area contributed by atoms with Gasteiger partial charge in [-0.2, -0.15) is 4.39 Å². The quantitative estimate of drug-likeness (QED) is 0.321. The monoisotopic (exact) mass is 484 g/mol. The number of carbonyl (C=O) groups excluding carboxylic acids is 1. The Hall–Kier alpha value is -4.38. The smallest absolute Gasteiger partial charge is 0.323 e. The minimum atomic E-state index is -1.25. The second-order valence-corrected chi connectivity index (χ2v) is 7.16. The number of hydrogen-bond acceptors (Lipinski definition) is 6. The van der Waals surface area contributed by atoms with Crippen LogP contribution in [0.4, 0.5) is 29.3 Å². The van der Waals surface area contributed by atoms with E-state index in [1.54, 1.807) is 13.2 Å². The lowest BCUT2D eigenvalue weighted by molar-refractivity contribution is 0.143. The van der Waals surface area contributed by atoms with Crippen molar-refractivity contribution >= 4 is 28.4 Å². The number of amides is 2. The Morgan fingerprint density at radius 3 is 2.57 bits per heavy atom. The number of methoxy groups -OCH3 is 1. The van der Waals surface area contributed by atoms with Crippen molar-refractivity contribution in [3.8, 4) is 17.4 Å². The molecule has 1 heterocycles. The first-order valence-corrected chi connectivity index (χ1v) is 10.3. The van der Waals surface area contributed by atoms with E-state index in [0.717, 1.165) is 18.2 Å². The number of fused-ring (bicyclic) bond motifs is 1. The third-order valence-electron chi connectivity index (χ3n) is 4.59. The average molecular weight is 484 g/mol. The summed E-state index contributed by atoms with van der Waals surface area (Å²) >= 11 is 0. The van der Waals surface area contributed by atoms with Crippen molar-refractivity contribution in [3.63, 3.8) is 0 Å². The largest absolute Gasteiger partial charge is 0.474 e. The van der Waals surface area contributed by atoms with Crippen molar-refractivity contribution in [2.24, 2.45) is 0 Å². The highest BCUT2D eigenvalue weighted by atomic mass is 19.2. The maximum Gasteiger partial charge on any atom is 0.323 e. The van der Waals surface area contributed by atoms with Gasteiger partial charge in [0.25, 0.3) is 0 Å². The van der Waals surface area contributed by atoms with E-state index in [-0.39, 0.29) is 29.6 Å². The third kappa shape index (κ3) is 6.15. The number of urea groups is 1. The minimum absolute atomic E-state index is 0.0813. The summed E-state index contributed by atoms with van der Waals surface area (Å²) < 4.78 is 57.8. The number of halogens is 3. The molecule has 0 saturated carbocycles. The molecule has 11 heteroatoms. The normalized spacial score (nSPS) is 10.7. The van der Waals surface area contributed by atoms with Gasteiger partial charge in [-0.1, -0.05) is 6.07 Å². The van der Waals surface area contributed by atoms with Crippen LogP contribution in [0.5, 0.6) is 17.4 Å². The molecular weight excluding hydrogens is 465 g/mol. The van der Waals surface area contributed by atoms with Crippen LogP contribution in [0.25, 0.3) is 11.0 Å². The van der Waals surface area contributed by atoms with Crippen molar-refractivity contribution < 1.29 is 32.2 Å². The summed E-state index contributed by atoms with van der Waals surface area (Å²) in [6.07, 6.45) is 1.46. The minimum Gasteiger partial charge on any atom is -0.474 e. The van der Waals surface area contributed by atoms with Gasteiger partial charge in [-0.15, -0.1) is 0 Å². The van der Waals surface area contributed by atoms with Gasteiger partial charge in [-0.05, 0) is 30.3 Å². The molecule has 8 nitrogen and oxygen atoms in total. The zero-order chi connectivity index (χ0) is 24.8. The van der Waals surface area contributed by atoms with Crippen LogP contribution in [0, 0.1) is 17.5 Å². The number of anilines is 2. The van der Waals surface area contributed by atoms with Gasteiger partial charge in [-0.25, -0.2) is 23.5 Å². The predicted molar refractivity (Wildman–Crippen MR) is 122 cm³/mol. The zero-order valence-electron chi connectivity index (χ0n) is 18.3. The summed E-state index contributed by atoms with van der Waals surface area (Å²) in [5.74, 6) is -3.08. The summed E-state index contributed by atoms with van der Waals surface area (Å²) in [5, 5.41) is 4.75. The molecule has 0 radical (unpaired) electrons. The van der Waals surface area contributed by atoms with Crippen molar-refractivity contribution in [1.29, 1.82) is 0 Å². The summed E-state index contributed by atoms with van der Waals surface area (Å²) in [6, 6.07) is 10.9. The lowest BCUT2D eigenvalue weighted by Crippen LogP contribution is -2.19. The van der Waals surface area contributed by atoms with E-state index in [1.165, 1.54) is 36.5 Å². The van der Waals surface area contributed by atoms with E-state index < -0.39 is 29.2 Å². The number of ether oxygens (including phenoxy) is 3. The van der Waals surface area contributed by atoms with Crippen LogP contribution >= 0.6 is 0 Å². The standard InChI is InChI=1S/C24H19F3N4O4/c1-33-7-8-34-22-13-28-19-6-5-17(12-20(19)31-22)35-21-11-16(10-18(26)23(21)27)30-24(32)29-15-4-2-3-14(25)9-15/h2-6,9-13H,7-8H2,1H3,(H2,29,30,32). The first kappa shape index (κ1) is 23.8. The molecule has 2 amide bonds. The molecule has 0 aliphatic carbocycles. The molecular formula is C24H19F3N4O4. The number of hydrogen-bond donors (Lipinski definition) is 2. The molecule has 0 bridgehead atoms. The van der Waals surface area contributed by atoms with Gasteiger partial charge in [0.2, 0.25) is 11.7 Å². The van der Waals surface area contributed by atoms with E-state index in [2.05, 4.69) is 20.6 Å². The molecule has 0 atom stereocenters. The SMILES string of the molecule is COCCOc1cnc2ccc(Oc3cc(NC(=O)Nc4cccc(F)c4)cc(F)c3F)cc2n1. The van der Waals surface area contributed by atoms with Gasteiger partial charge in [-0.3, -0.25) is 0 Å². The number of benzene rings is 3. The topological polar surface area (TPSA) is 94.6 Å². The maximum absolute atomic E-state index is 14.4. The third-order valence-corrected chi connectivity index (χ3v) is 4.59. The van der Waals surface area contributed by atoms with Crippen LogP contribution in [0.1, 0.15) is 0 Å². The molecule has 4 aromatic rings. The summed E-state index contributed by atoms with van der Waals surface area (Å²) in [7, 11) is 1.54. The fraction of sp³-hybridized carbons (Fsp3) is 0.125. The molecule has 1 aromatic heterocycles. The van der Waals surface area contributed by atoms with E-state index in [0.29, 0.717) is 17.6 Å². The number of rotatable bonds is 8. The molecule has 0 spiro atoms. The molecule has 3 aromatic carbocycles. The molecule has 180 valence electrons. The summed E-state index contributed by atoms with van der Waals surface area (Å²) in [5.41, 5.74) is 1.04. The fourth-order valence-electron chi connectivity index (χ4n) is 3.03. The summed E-state index contributed by atoms with van der Waals surface area (Å²) in [6.45, 7) is 0.655. The molecule has 2 N–H and O–H groups in total. The van der Waals surface area contributed by atoms with Gasteiger partial charge >= 0.3 is 6.03 Å². The van der Waals surface area contributed by atoms with Gasteiger partial charge < -0.3 is 24.8 Å². The maximum atomic E-state index is 14.4. The van der Waals surface area contributed by atoms with E-state index in [1.807, 2.05) is 0 Å². The van der Waals surface area contributed by atoms with Crippen LogP contribution in [-0.4, -0.2) is 36.3 Å². The Bertz CT molecular complexity index is 1370. The van der Waals surface area contributed by atoms with Crippen LogP contribution < -0.4 is 20.1 Å². The van der Waals surface area contributed by atoms with E-state index in [4.69, 9.17) is 14.2 Å². The van der Waals surface area contributed by atoms with Crippen LogP contribution in [0.2, 0.25) is 0 Å². The molecule has 0 fully saturated rings.